The van der Waals surface area contributed by atoms with Gasteiger partial charge in [-0.05, 0) is 35.4 Å². The molecule has 2 rings (SSSR count). The lowest BCUT2D eigenvalue weighted by molar-refractivity contribution is -0.116. The number of carbonyl (C=O) groups is 1. The average molecular weight is 275 g/mol. The van der Waals surface area contributed by atoms with Gasteiger partial charge in [-0.15, -0.1) is 0 Å². The Morgan fingerprint density at radius 1 is 1.35 bits per heavy atom. The van der Waals surface area contributed by atoms with Crippen molar-refractivity contribution in [2.45, 2.75) is 40.5 Å². The first-order chi connectivity index (χ1) is 9.29. The molecular weight excluding hydrogens is 250 g/mol. The van der Waals surface area contributed by atoms with Crippen molar-refractivity contribution in [3.05, 3.63) is 17.7 Å². The maximum atomic E-state index is 11.4. The van der Waals surface area contributed by atoms with E-state index in [9.17, 15) is 4.79 Å². The highest BCUT2D eigenvalue weighted by Gasteiger charge is 2.23. The third-order valence-electron chi connectivity index (χ3n) is 4.47. The number of anilines is 3. The van der Waals surface area contributed by atoms with Crippen LogP contribution >= 0.6 is 0 Å². The van der Waals surface area contributed by atoms with Gasteiger partial charge >= 0.3 is 0 Å². The zero-order chi connectivity index (χ0) is 14.9. The number of amides is 1. The van der Waals surface area contributed by atoms with Crippen LogP contribution in [0.15, 0.2) is 12.1 Å². The van der Waals surface area contributed by atoms with Crippen LogP contribution in [0.3, 0.4) is 0 Å². The molecule has 1 heterocycles. The van der Waals surface area contributed by atoms with Crippen LogP contribution in [-0.2, 0) is 11.2 Å². The molecule has 1 amide bonds. The Bertz CT molecular complexity index is 521. The molecule has 1 aliphatic rings. The van der Waals surface area contributed by atoms with Crippen molar-refractivity contribution in [1.82, 2.24) is 0 Å². The van der Waals surface area contributed by atoms with Gasteiger partial charge in [-0.3, -0.25) is 4.79 Å². The van der Waals surface area contributed by atoms with E-state index in [0.717, 1.165) is 29.9 Å². The van der Waals surface area contributed by atoms with E-state index in [1.54, 1.807) is 0 Å². The number of carbonyl (C=O) groups excluding carboxylic acids is 1. The lowest BCUT2D eigenvalue weighted by atomic mass is 9.81. The molecule has 0 bridgehead atoms. The van der Waals surface area contributed by atoms with E-state index in [0.29, 0.717) is 18.0 Å². The SMILES string of the molecule is CC(C)C(C)(C)CNc1cc2c(cc1N)NC(=O)CC2. The third-order valence-corrected chi connectivity index (χ3v) is 4.47. The average Bonchev–Trinajstić information content (AvgIpc) is 2.36. The molecule has 0 atom stereocenters. The molecule has 0 unspecified atom stereocenters. The number of rotatable bonds is 4. The van der Waals surface area contributed by atoms with E-state index in [-0.39, 0.29) is 11.3 Å². The largest absolute Gasteiger partial charge is 0.397 e. The standard InChI is InChI=1S/C16H25N3O/c1-10(2)16(3,4)9-18-14-7-11-5-6-15(20)19-13(11)8-12(14)17/h7-8,10,18H,5-6,9,17H2,1-4H3,(H,19,20). The van der Waals surface area contributed by atoms with E-state index < -0.39 is 0 Å². The van der Waals surface area contributed by atoms with Crippen LogP contribution in [0.5, 0.6) is 0 Å². The third kappa shape index (κ3) is 3.06. The molecule has 20 heavy (non-hydrogen) atoms. The van der Waals surface area contributed by atoms with Crippen molar-refractivity contribution in [3.63, 3.8) is 0 Å². The summed E-state index contributed by atoms with van der Waals surface area (Å²) in [5.41, 5.74) is 9.95. The number of fused-ring (bicyclic) bond motifs is 1. The molecule has 0 fully saturated rings. The zero-order valence-corrected chi connectivity index (χ0v) is 12.8. The van der Waals surface area contributed by atoms with Gasteiger partial charge in [0.25, 0.3) is 0 Å². The molecule has 0 radical (unpaired) electrons. The first kappa shape index (κ1) is 14.7. The Morgan fingerprint density at radius 2 is 2.05 bits per heavy atom. The Kier molecular flexibility index (Phi) is 3.93. The molecule has 1 aromatic rings. The fourth-order valence-corrected chi connectivity index (χ4v) is 2.13. The fourth-order valence-electron chi connectivity index (χ4n) is 2.13. The predicted octanol–water partition coefficient (Wildman–Crippen LogP) is 3.25. The first-order valence-electron chi connectivity index (χ1n) is 7.26. The van der Waals surface area contributed by atoms with Crippen molar-refractivity contribution in [3.8, 4) is 0 Å². The summed E-state index contributed by atoms with van der Waals surface area (Å²) in [5.74, 6) is 0.659. The summed E-state index contributed by atoms with van der Waals surface area (Å²) in [6.07, 6.45) is 1.33. The molecule has 0 saturated carbocycles. The van der Waals surface area contributed by atoms with Crippen LogP contribution in [0.1, 0.15) is 39.7 Å². The van der Waals surface area contributed by atoms with Crippen LogP contribution in [0.2, 0.25) is 0 Å². The molecule has 0 aliphatic carbocycles. The smallest absolute Gasteiger partial charge is 0.224 e. The van der Waals surface area contributed by atoms with Crippen molar-refractivity contribution in [2.24, 2.45) is 11.3 Å². The topological polar surface area (TPSA) is 67.2 Å². The zero-order valence-electron chi connectivity index (χ0n) is 12.8. The van der Waals surface area contributed by atoms with E-state index in [1.807, 2.05) is 6.07 Å². The second-order valence-electron chi connectivity index (χ2n) is 6.64. The number of aryl methyl sites for hydroxylation is 1. The molecule has 4 heteroatoms. The second-order valence-corrected chi connectivity index (χ2v) is 6.64. The van der Waals surface area contributed by atoms with Gasteiger partial charge in [0.1, 0.15) is 0 Å². The van der Waals surface area contributed by atoms with Gasteiger partial charge < -0.3 is 16.4 Å². The van der Waals surface area contributed by atoms with E-state index in [1.165, 1.54) is 0 Å². The Hall–Kier alpha value is -1.71. The van der Waals surface area contributed by atoms with Gasteiger partial charge in [0, 0.05) is 18.7 Å². The molecule has 0 spiro atoms. The summed E-state index contributed by atoms with van der Waals surface area (Å²) in [7, 11) is 0. The Morgan fingerprint density at radius 3 is 2.70 bits per heavy atom. The molecule has 0 saturated heterocycles. The van der Waals surface area contributed by atoms with E-state index in [2.05, 4.69) is 44.4 Å². The normalized spacial score (nSPS) is 14.9. The summed E-state index contributed by atoms with van der Waals surface area (Å²) in [6, 6.07) is 3.93. The highest BCUT2D eigenvalue weighted by atomic mass is 16.1. The maximum Gasteiger partial charge on any atom is 0.224 e. The first-order valence-corrected chi connectivity index (χ1v) is 7.26. The van der Waals surface area contributed by atoms with Crippen molar-refractivity contribution < 1.29 is 4.79 Å². The lowest BCUT2D eigenvalue weighted by Gasteiger charge is -2.30. The van der Waals surface area contributed by atoms with Crippen molar-refractivity contribution in [2.75, 3.05) is 22.9 Å². The molecule has 4 nitrogen and oxygen atoms in total. The monoisotopic (exact) mass is 275 g/mol. The number of hydrogen-bond acceptors (Lipinski definition) is 3. The van der Waals surface area contributed by atoms with Crippen LogP contribution in [0, 0.1) is 11.3 Å². The molecular formula is C16H25N3O. The molecule has 110 valence electrons. The molecule has 1 aromatic carbocycles. The fraction of sp³-hybridized carbons (Fsp3) is 0.562. The van der Waals surface area contributed by atoms with Crippen LogP contribution in [0.4, 0.5) is 17.1 Å². The van der Waals surface area contributed by atoms with Gasteiger partial charge in [0.05, 0.1) is 11.4 Å². The number of nitrogens with one attached hydrogen (secondary N) is 2. The quantitative estimate of drug-likeness (QED) is 0.739. The van der Waals surface area contributed by atoms with Crippen LogP contribution < -0.4 is 16.4 Å². The second kappa shape index (κ2) is 5.35. The van der Waals surface area contributed by atoms with E-state index >= 15 is 0 Å². The van der Waals surface area contributed by atoms with Crippen molar-refractivity contribution >= 4 is 23.0 Å². The summed E-state index contributed by atoms with van der Waals surface area (Å²) >= 11 is 0. The minimum Gasteiger partial charge on any atom is -0.397 e. The molecule has 4 N–H and O–H groups in total. The summed E-state index contributed by atoms with van der Waals surface area (Å²) in [4.78, 5) is 11.4. The van der Waals surface area contributed by atoms with Gasteiger partial charge in [0.2, 0.25) is 5.91 Å². The maximum absolute atomic E-state index is 11.4. The van der Waals surface area contributed by atoms with Gasteiger partial charge in [-0.25, -0.2) is 0 Å². The van der Waals surface area contributed by atoms with Crippen LogP contribution in [-0.4, -0.2) is 12.5 Å². The van der Waals surface area contributed by atoms with Gasteiger partial charge in [0.15, 0.2) is 0 Å². The summed E-state index contributed by atoms with van der Waals surface area (Å²) in [5, 5.41) is 6.33. The number of nitrogen functional groups attached to an aromatic ring is 1. The minimum absolute atomic E-state index is 0.0681. The van der Waals surface area contributed by atoms with Crippen LogP contribution in [0.25, 0.3) is 0 Å². The Balaban J connectivity index is 2.16. The summed E-state index contributed by atoms with van der Waals surface area (Å²) < 4.78 is 0. The van der Waals surface area contributed by atoms with Gasteiger partial charge in [-0.2, -0.15) is 0 Å². The molecule has 0 aromatic heterocycles. The predicted molar refractivity (Wildman–Crippen MR) is 84.9 cm³/mol. The lowest BCUT2D eigenvalue weighted by Crippen LogP contribution is -2.29. The Labute approximate surface area is 121 Å². The number of nitrogens with two attached hydrogens (primary N) is 1. The number of benzene rings is 1. The minimum atomic E-state index is 0.0681. The molecule has 1 aliphatic heterocycles. The summed E-state index contributed by atoms with van der Waals surface area (Å²) in [6.45, 7) is 9.83. The van der Waals surface area contributed by atoms with Gasteiger partial charge in [-0.1, -0.05) is 27.7 Å². The highest BCUT2D eigenvalue weighted by Crippen LogP contribution is 2.33. The van der Waals surface area contributed by atoms with E-state index in [4.69, 9.17) is 5.73 Å². The number of hydrogen-bond donors (Lipinski definition) is 3. The van der Waals surface area contributed by atoms with Crippen molar-refractivity contribution in [1.29, 1.82) is 0 Å². The highest BCUT2D eigenvalue weighted by molar-refractivity contribution is 5.95.